The Morgan fingerprint density at radius 3 is 2.29 bits per heavy atom. The van der Waals surface area contributed by atoms with Crippen molar-refractivity contribution >= 4 is 32.5 Å². The molecule has 0 bridgehead atoms. The second kappa shape index (κ2) is 10.1. The molecule has 1 saturated carbocycles. The minimum absolute atomic E-state index is 0.249. The average Bonchev–Trinajstić information content (AvgIpc) is 3.67. The van der Waals surface area contributed by atoms with Crippen molar-refractivity contribution in [2.45, 2.75) is 32.1 Å². The zero-order valence-electron chi connectivity index (χ0n) is 21.4. The third kappa shape index (κ3) is 5.08. The van der Waals surface area contributed by atoms with Gasteiger partial charge in [0, 0.05) is 19.0 Å². The summed E-state index contributed by atoms with van der Waals surface area (Å²) < 4.78 is 47.4. The van der Waals surface area contributed by atoms with E-state index < -0.39 is 10.0 Å². The highest BCUT2D eigenvalue weighted by atomic mass is 32.2. The molecular weight excluding hydrogens is 507 g/mol. The quantitative estimate of drug-likeness (QED) is 0.310. The number of carbonyl (C=O) groups excluding carboxylic acids is 1. The van der Waals surface area contributed by atoms with E-state index in [4.69, 9.17) is 9.84 Å². The van der Waals surface area contributed by atoms with E-state index in [9.17, 15) is 17.6 Å². The summed E-state index contributed by atoms with van der Waals surface area (Å²) in [6, 6.07) is 16.5. The molecule has 1 aliphatic rings. The van der Waals surface area contributed by atoms with Crippen LogP contribution in [0, 0.1) is 5.82 Å². The molecule has 10 heteroatoms. The van der Waals surface area contributed by atoms with Gasteiger partial charge in [-0.25, -0.2) is 17.5 Å². The fraction of sp³-hybridized carbons (Fsp3) is 0.286. The summed E-state index contributed by atoms with van der Waals surface area (Å²) in [5, 5.41) is 8.10. The lowest BCUT2D eigenvalue weighted by atomic mass is 10.0. The van der Waals surface area contributed by atoms with E-state index in [0.717, 1.165) is 18.4 Å². The molecule has 0 spiro atoms. The van der Waals surface area contributed by atoms with Crippen LogP contribution in [0.4, 0.5) is 10.1 Å². The van der Waals surface area contributed by atoms with Crippen LogP contribution in [0.25, 0.3) is 16.6 Å². The van der Waals surface area contributed by atoms with Crippen LogP contribution in [-0.4, -0.2) is 44.0 Å². The molecule has 0 aliphatic heterocycles. The molecular formula is C28H29FN4O4S. The minimum Gasteiger partial charge on any atom is -0.457 e. The van der Waals surface area contributed by atoms with E-state index in [2.05, 4.69) is 5.32 Å². The first-order valence-electron chi connectivity index (χ1n) is 12.5. The maximum atomic E-state index is 13.2. The number of hydrogen-bond acceptors (Lipinski definition) is 5. The molecule has 0 radical (unpaired) electrons. The number of carbonyl (C=O) groups is 1. The van der Waals surface area contributed by atoms with Crippen LogP contribution < -0.4 is 14.4 Å². The number of amides is 1. The third-order valence-electron chi connectivity index (χ3n) is 6.51. The Labute approximate surface area is 221 Å². The highest BCUT2D eigenvalue weighted by molar-refractivity contribution is 7.92. The fourth-order valence-corrected chi connectivity index (χ4v) is 5.59. The number of anilines is 1. The third-order valence-corrected chi connectivity index (χ3v) is 7.69. The lowest BCUT2D eigenvalue weighted by Crippen LogP contribution is -2.31. The van der Waals surface area contributed by atoms with E-state index >= 15 is 0 Å². The van der Waals surface area contributed by atoms with Gasteiger partial charge in [0.05, 0.1) is 23.1 Å². The number of halogens is 1. The topological polar surface area (TPSA) is 93.5 Å². The maximum absolute atomic E-state index is 13.2. The van der Waals surface area contributed by atoms with E-state index in [1.165, 1.54) is 22.7 Å². The Morgan fingerprint density at radius 2 is 1.74 bits per heavy atom. The Kier molecular flexibility index (Phi) is 6.83. The number of ether oxygens (including phenoxy) is 1. The number of benzene rings is 3. The van der Waals surface area contributed by atoms with Gasteiger partial charge in [-0.3, -0.25) is 9.10 Å². The molecule has 0 saturated heterocycles. The van der Waals surface area contributed by atoms with Gasteiger partial charge < -0.3 is 10.1 Å². The predicted molar refractivity (Wildman–Crippen MR) is 145 cm³/mol. The van der Waals surface area contributed by atoms with Gasteiger partial charge in [0.25, 0.3) is 5.91 Å². The summed E-state index contributed by atoms with van der Waals surface area (Å²) in [5.74, 6) is 0.641. The van der Waals surface area contributed by atoms with Crippen LogP contribution in [0.3, 0.4) is 0 Å². The largest absolute Gasteiger partial charge is 0.457 e. The summed E-state index contributed by atoms with van der Waals surface area (Å²) in [6.45, 7) is 2.30. The number of nitrogens with zero attached hydrogens (tertiary/aromatic N) is 3. The van der Waals surface area contributed by atoms with E-state index in [-0.39, 0.29) is 17.6 Å². The Bertz CT molecular complexity index is 1590. The molecule has 0 unspecified atom stereocenters. The monoisotopic (exact) mass is 536 g/mol. The van der Waals surface area contributed by atoms with Crippen molar-refractivity contribution in [2.75, 3.05) is 24.2 Å². The van der Waals surface area contributed by atoms with Gasteiger partial charge in [-0.2, -0.15) is 5.10 Å². The molecule has 8 nitrogen and oxygen atoms in total. The molecule has 3 aromatic carbocycles. The van der Waals surface area contributed by atoms with E-state index in [0.29, 0.717) is 52.4 Å². The van der Waals surface area contributed by atoms with Crippen molar-refractivity contribution in [3.63, 3.8) is 0 Å². The number of nitrogens with one attached hydrogen (secondary N) is 1. The molecule has 1 aliphatic carbocycles. The normalized spacial score (nSPS) is 13.5. The minimum atomic E-state index is -3.50. The van der Waals surface area contributed by atoms with Crippen LogP contribution in [0.2, 0.25) is 0 Å². The Hall–Kier alpha value is -3.92. The summed E-state index contributed by atoms with van der Waals surface area (Å²) in [7, 11) is -1.94. The molecule has 0 atom stereocenters. The highest BCUT2D eigenvalue weighted by Crippen LogP contribution is 2.46. The van der Waals surface area contributed by atoms with Crippen molar-refractivity contribution < 1.29 is 22.3 Å². The SMILES string of the molecule is CCCN(c1cc2nn(-c3ccc(Oc4ccc(F)cc4)cc3)c(C(=O)NC)c2cc1C1CC1)S(C)(=O)=O. The molecule has 1 fully saturated rings. The van der Waals surface area contributed by atoms with E-state index in [1.807, 2.05) is 13.0 Å². The first kappa shape index (κ1) is 25.7. The summed E-state index contributed by atoms with van der Waals surface area (Å²) in [5.41, 5.74) is 3.07. The molecule has 1 N–H and O–H groups in total. The number of sulfonamides is 1. The van der Waals surface area contributed by atoms with Crippen LogP contribution >= 0.6 is 0 Å². The first-order chi connectivity index (χ1) is 18.2. The molecule has 4 aromatic rings. The maximum Gasteiger partial charge on any atom is 0.270 e. The lowest BCUT2D eigenvalue weighted by molar-refractivity contribution is 0.0957. The fourth-order valence-electron chi connectivity index (χ4n) is 4.56. The van der Waals surface area contributed by atoms with Crippen LogP contribution in [0.1, 0.15) is 48.2 Å². The average molecular weight is 537 g/mol. The Balaban J connectivity index is 1.60. The molecule has 5 rings (SSSR count). The van der Waals surface area contributed by atoms with Gasteiger partial charge >= 0.3 is 0 Å². The smallest absolute Gasteiger partial charge is 0.270 e. The molecule has 1 amide bonds. The molecule has 38 heavy (non-hydrogen) atoms. The first-order valence-corrected chi connectivity index (χ1v) is 14.3. The molecule has 1 heterocycles. The zero-order chi connectivity index (χ0) is 27.0. The standard InChI is InChI=1S/C28H29FN4O4S/c1-4-15-32(38(3,35)36)26-17-25-24(16-23(26)18-5-6-18)27(28(34)30-2)33(31-25)20-9-13-22(14-10-20)37-21-11-7-19(29)8-12-21/h7-14,16-18H,4-6,15H2,1-3H3,(H,30,34). The van der Waals surface area contributed by atoms with Crippen LogP contribution in [0.5, 0.6) is 11.5 Å². The number of fused-ring (bicyclic) bond motifs is 1. The van der Waals surface area contributed by atoms with Gasteiger partial charge in [-0.15, -0.1) is 0 Å². The summed E-state index contributed by atoms with van der Waals surface area (Å²) >= 11 is 0. The van der Waals surface area contributed by atoms with Crippen molar-refractivity contribution in [3.05, 3.63) is 77.7 Å². The van der Waals surface area contributed by atoms with Gasteiger partial charge in [-0.1, -0.05) is 6.92 Å². The van der Waals surface area contributed by atoms with Crippen molar-refractivity contribution in [1.82, 2.24) is 15.1 Å². The molecule has 1 aromatic heterocycles. The van der Waals surface area contributed by atoms with Gasteiger partial charge in [0.15, 0.2) is 0 Å². The Morgan fingerprint density at radius 1 is 1.11 bits per heavy atom. The van der Waals surface area contributed by atoms with Gasteiger partial charge in [0.2, 0.25) is 10.0 Å². The van der Waals surface area contributed by atoms with Crippen molar-refractivity contribution in [3.8, 4) is 17.2 Å². The number of aromatic nitrogens is 2. The highest BCUT2D eigenvalue weighted by Gasteiger charge is 2.32. The zero-order valence-corrected chi connectivity index (χ0v) is 22.3. The van der Waals surface area contributed by atoms with Crippen LogP contribution in [0.15, 0.2) is 60.7 Å². The van der Waals surface area contributed by atoms with Gasteiger partial charge in [0.1, 0.15) is 23.0 Å². The predicted octanol–water partition coefficient (Wildman–Crippen LogP) is 5.37. The van der Waals surface area contributed by atoms with Gasteiger partial charge in [-0.05, 0) is 91.4 Å². The number of hydrogen-bond donors (Lipinski definition) is 1. The second-order valence-corrected chi connectivity index (χ2v) is 11.3. The van der Waals surface area contributed by atoms with Crippen molar-refractivity contribution in [2.24, 2.45) is 0 Å². The second-order valence-electron chi connectivity index (χ2n) is 9.43. The van der Waals surface area contributed by atoms with Crippen molar-refractivity contribution in [1.29, 1.82) is 0 Å². The van der Waals surface area contributed by atoms with Crippen LogP contribution in [-0.2, 0) is 10.0 Å². The summed E-state index contributed by atoms with van der Waals surface area (Å²) in [6.07, 6.45) is 3.83. The summed E-state index contributed by atoms with van der Waals surface area (Å²) in [4.78, 5) is 13.1. The lowest BCUT2D eigenvalue weighted by Gasteiger charge is -2.24. The molecule has 198 valence electrons. The van der Waals surface area contributed by atoms with E-state index in [1.54, 1.807) is 54.2 Å². The number of rotatable bonds is 9.